The summed E-state index contributed by atoms with van der Waals surface area (Å²) in [5.74, 6) is 0. The molecule has 1 heteroatoms. The predicted molar refractivity (Wildman–Crippen MR) is 59.7 cm³/mol. The Morgan fingerprint density at radius 1 is 0.769 bits per heavy atom. The van der Waals surface area contributed by atoms with Gasteiger partial charge in [0, 0.05) is 24.3 Å². The minimum atomic E-state index is 0.242. The van der Waals surface area contributed by atoms with Crippen LogP contribution in [0.5, 0.6) is 0 Å². The van der Waals surface area contributed by atoms with E-state index in [4.69, 9.17) is 0 Å². The molecule has 0 aliphatic rings. The van der Waals surface area contributed by atoms with Crippen LogP contribution in [-0.4, -0.2) is 0 Å². The molecule has 0 N–H and O–H groups in total. The molecule has 0 unspecified atom stereocenters. The predicted octanol–water partition coefficient (Wildman–Crippen LogP) is 4.04. The largest absolute Gasteiger partial charge is 0.179 e. The molecular weight excluding hydrogens is 176 g/mol. The Labute approximate surface area is 81.8 Å². The van der Waals surface area contributed by atoms with Gasteiger partial charge in [0.1, 0.15) is 0 Å². The number of hydrogen-bond acceptors (Lipinski definition) is 0. The second-order valence-electron chi connectivity index (χ2n) is 3.17. The Kier molecular flexibility index (Phi) is 2.19. The summed E-state index contributed by atoms with van der Waals surface area (Å²) in [6, 6.07) is 15.2. The van der Waals surface area contributed by atoms with Crippen LogP contribution >= 0.6 is 10.5 Å². The minimum absolute atomic E-state index is 0.242. The van der Waals surface area contributed by atoms with Gasteiger partial charge in [0.05, 0.1) is 0 Å². The quantitative estimate of drug-likeness (QED) is 0.594. The fraction of sp³-hybridized carbons (Fsp3) is 0.167. The van der Waals surface area contributed by atoms with Gasteiger partial charge < -0.3 is 0 Å². The molecule has 0 saturated heterocycles. The van der Waals surface area contributed by atoms with Crippen LogP contribution in [-0.2, 0) is 0 Å². The lowest BCUT2D eigenvalue weighted by Gasteiger charge is -1.91. The van der Waals surface area contributed by atoms with Crippen molar-refractivity contribution in [3.8, 4) is 4.90 Å². The Morgan fingerprint density at radius 2 is 1.31 bits per heavy atom. The van der Waals surface area contributed by atoms with Crippen LogP contribution in [0.2, 0.25) is 0 Å². The molecule has 0 amide bonds. The van der Waals surface area contributed by atoms with E-state index < -0.39 is 0 Å². The molecule has 0 bridgehead atoms. The van der Waals surface area contributed by atoms with Crippen LogP contribution in [0, 0.1) is 13.8 Å². The molecule has 1 heterocycles. The highest BCUT2D eigenvalue weighted by molar-refractivity contribution is 7.39. The topological polar surface area (TPSA) is 0 Å². The van der Waals surface area contributed by atoms with Crippen LogP contribution < -0.4 is 0 Å². The van der Waals surface area contributed by atoms with Gasteiger partial charge in [0.25, 0.3) is 0 Å². The molecule has 0 aliphatic carbocycles. The molecule has 0 nitrogen and oxygen atoms in total. The highest BCUT2D eigenvalue weighted by Gasteiger charge is 2.16. The summed E-state index contributed by atoms with van der Waals surface area (Å²) >= 11 is 0. The van der Waals surface area contributed by atoms with Crippen molar-refractivity contribution in [2.75, 3.05) is 0 Å². The lowest BCUT2D eigenvalue weighted by Crippen LogP contribution is -1.71. The summed E-state index contributed by atoms with van der Waals surface area (Å²) in [6.45, 7) is 4.42. The first-order chi connectivity index (χ1) is 6.29. The van der Waals surface area contributed by atoms with Crippen molar-refractivity contribution in [3.05, 3.63) is 52.2 Å². The zero-order chi connectivity index (χ0) is 9.26. The first-order valence-electron chi connectivity index (χ1n) is 4.43. The fourth-order valence-corrected chi connectivity index (χ4v) is 3.64. The summed E-state index contributed by atoms with van der Waals surface area (Å²) in [6.07, 6.45) is 0. The number of rotatable bonds is 1. The minimum Gasteiger partial charge on any atom is -0.0619 e. The molecule has 0 saturated carbocycles. The van der Waals surface area contributed by atoms with Crippen molar-refractivity contribution in [1.29, 1.82) is 0 Å². The van der Waals surface area contributed by atoms with E-state index >= 15 is 0 Å². The maximum absolute atomic E-state index is 2.23. The molecule has 0 atom stereocenters. The Balaban J connectivity index is 2.59. The van der Waals surface area contributed by atoms with Gasteiger partial charge in [0.15, 0.2) is 14.6 Å². The number of hydrogen-bond donors (Lipinski definition) is 0. The number of thiophene rings is 1. The highest BCUT2D eigenvalue weighted by Crippen LogP contribution is 2.38. The van der Waals surface area contributed by atoms with Crippen LogP contribution in [0.3, 0.4) is 0 Å². The van der Waals surface area contributed by atoms with E-state index in [1.54, 1.807) is 0 Å². The van der Waals surface area contributed by atoms with Gasteiger partial charge in [-0.15, -0.1) is 0 Å². The molecule has 2 rings (SSSR count). The van der Waals surface area contributed by atoms with Crippen molar-refractivity contribution >= 4 is 10.5 Å². The summed E-state index contributed by atoms with van der Waals surface area (Å²) in [7, 11) is 0.242. The second kappa shape index (κ2) is 3.35. The first kappa shape index (κ1) is 8.52. The lowest BCUT2D eigenvalue weighted by molar-refractivity contribution is 1.61. The number of benzene rings is 1. The molecule has 2 aromatic rings. The van der Waals surface area contributed by atoms with Gasteiger partial charge in [-0.1, -0.05) is 18.2 Å². The van der Waals surface area contributed by atoms with Crippen LogP contribution in [0.15, 0.2) is 42.5 Å². The Hall–Kier alpha value is -1.08. The third kappa shape index (κ3) is 1.52. The van der Waals surface area contributed by atoms with E-state index in [1.165, 1.54) is 14.6 Å². The lowest BCUT2D eigenvalue weighted by atomic mass is 10.4. The average Bonchev–Trinajstić information content (AvgIpc) is 2.48. The van der Waals surface area contributed by atoms with Gasteiger partial charge in [-0.25, -0.2) is 0 Å². The molecule has 13 heavy (non-hydrogen) atoms. The average molecular weight is 189 g/mol. The van der Waals surface area contributed by atoms with Crippen molar-refractivity contribution in [2.45, 2.75) is 13.8 Å². The second-order valence-corrected chi connectivity index (χ2v) is 5.55. The van der Waals surface area contributed by atoms with Crippen LogP contribution in [0.4, 0.5) is 0 Å². The normalized spacial score (nSPS) is 10.3. The van der Waals surface area contributed by atoms with Gasteiger partial charge in [-0.2, -0.15) is 0 Å². The van der Waals surface area contributed by atoms with E-state index in [0.717, 1.165) is 0 Å². The molecule has 0 aliphatic heterocycles. The van der Waals surface area contributed by atoms with E-state index in [2.05, 4.69) is 56.3 Å². The van der Waals surface area contributed by atoms with Crippen molar-refractivity contribution in [3.63, 3.8) is 0 Å². The van der Waals surface area contributed by atoms with Gasteiger partial charge >= 0.3 is 0 Å². The summed E-state index contributed by atoms with van der Waals surface area (Å²) < 4.78 is 0. The van der Waals surface area contributed by atoms with Crippen LogP contribution in [0.25, 0.3) is 4.90 Å². The zero-order valence-electron chi connectivity index (χ0n) is 7.95. The van der Waals surface area contributed by atoms with E-state index in [1.807, 2.05) is 0 Å². The first-order valence-corrected chi connectivity index (χ1v) is 5.66. The molecule has 0 spiro atoms. The van der Waals surface area contributed by atoms with Crippen LogP contribution in [0.1, 0.15) is 9.75 Å². The van der Waals surface area contributed by atoms with Gasteiger partial charge in [-0.05, 0) is 24.3 Å². The highest BCUT2D eigenvalue weighted by atomic mass is 32.2. The molecule has 0 radical (unpaired) electrons. The summed E-state index contributed by atoms with van der Waals surface area (Å²) in [5.41, 5.74) is 0. The van der Waals surface area contributed by atoms with Gasteiger partial charge in [0.2, 0.25) is 0 Å². The molecule has 0 fully saturated rings. The van der Waals surface area contributed by atoms with Crippen molar-refractivity contribution in [2.24, 2.45) is 0 Å². The van der Waals surface area contributed by atoms with E-state index in [0.29, 0.717) is 0 Å². The summed E-state index contributed by atoms with van der Waals surface area (Å²) in [5, 5.41) is 0. The third-order valence-electron chi connectivity index (χ3n) is 2.18. The molecule has 1 aromatic heterocycles. The molecular formula is C12H13S+. The maximum Gasteiger partial charge on any atom is 0.179 e. The Morgan fingerprint density at radius 3 is 1.85 bits per heavy atom. The fourth-order valence-electron chi connectivity index (χ4n) is 1.55. The Bertz CT molecular complexity index is 379. The standard InChI is InChI=1S/C12H13S/c1-10-8-9-11(2)13(10)12-6-4-3-5-7-12/h3-9H,1-2H3/q+1. The van der Waals surface area contributed by atoms with E-state index in [9.17, 15) is 0 Å². The summed E-state index contributed by atoms with van der Waals surface area (Å²) in [4.78, 5) is 4.38. The SMILES string of the molecule is Cc1ccc(C)[s+]1-c1ccccc1. The van der Waals surface area contributed by atoms with Crippen molar-refractivity contribution < 1.29 is 0 Å². The van der Waals surface area contributed by atoms with Gasteiger partial charge in [-0.3, -0.25) is 0 Å². The number of aryl methyl sites for hydroxylation is 2. The monoisotopic (exact) mass is 189 g/mol. The third-order valence-corrected chi connectivity index (χ3v) is 4.48. The van der Waals surface area contributed by atoms with E-state index in [-0.39, 0.29) is 10.5 Å². The maximum atomic E-state index is 2.23. The smallest absolute Gasteiger partial charge is 0.0619 e. The van der Waals surface area contributed by atoms with Crippen molar-refractivity contribution in [1.82, 2.24) is 0 Å². The molecule has 1 aromatic carbocycles. The molecule has 66 valence electrons. The zero-order valence-corrected chi connectivity index (χ0v) is 8.77.